The van der Waals surface area contributed by atoms with Gasteiger partial charge in [-0.15, -0.1) is 23.1 Å². The molecule has 2 heterocycles. The number of anilines is 1. The topological polar surface area (TPSA) is 110 Å². The number of thiophene rings is 1. The van der Waals surface area contributed by atoms with Gasteiger partial charge in [-0.05, 0) is 29.1 Å². The second-order valence-corrected chi connectivity index (χ2v) is 7.37. The number of aromatic nitrogens is 1. The Morgan fingerprint density at radius 2 is 2.19 bits per heavy atom. The van der Waals surface area contributed by atoms with Crippen molar-refractivity contribution in [3.05, 3.63) is 69.9 Å². The molecule has 1 amide bonds. The largest absolute Gasteiger partial charge is 0.392 e. The highest BCUT2D eigenvalue weighted by molar-refractivity contribution is 7.98. The molecule has 0 radical (unpaired) electrons. The lowest BCUT2D eigenvalue weighted by molar-refractivity contribution is 0.1000. The third-order valence-electron chi connectivity index (χ3n) is 3.74. The van der Waals surface area contributed by atoms with E-state index in [0.717, 1.165) is 10.4 Å². The summed E-state index contributed by atoms with van der Waals surface area (Å²) in [6.07, 6.45) is 0. The molecule has 3 aromatic rings. The lowest BCUT2D eigenvalue weighted by Crippen LogP contribution is -2.10. The molecular formula is C19H13N5OS2. The zero-order chi connectivity index (χ0) is 19.4. The standard InChI is InChI=1S/C19H13N5OS2/c1-23-16-15(14-6-3-7-26-14)13(9-20)19(24-17(16)21)27-10-11-4-2-5-12(8-11)18(22)25/h2-8H,10H2,(H2,21,24)(H2,22,25). The van der Waals surface area contributed by atoms with Crippen LogP contribution in [-0.2, 0) is 5.75 Å². The van der Waals surface area contributed by atoms with Gasteiger partial charge in [-0.2, -0.15) is 5.26 Å². The Hall–Kier alpha value is -3.33. The predicted octanol–water partition coefficient (Wildman–Crippen LogP) is 4.21. The zero-order valence-electron chi connectivity index (χ0n) is 14.0. The maximum Gasteiger partial charge on any atom is 0.248 e. The van der Waals surface area contributed by atoms with Gasteiger partial charge in [-0.1, -0.05) is 18.2 Å². The van der Waals surface area contributed by atoms with Crippen molar-refractivity contribution in [2.75, 3.05) is 5.73 Å². The van der Waals surface area contributed by atoms with E-state index in [1.54, 1.807) is 18.2 Å². The molecule has 0 atom stereocenters. The predicted molar refractivity (Wildman–Crippen MR) is 107 cm³/mol. The number of hydrogen-bond donors (Lipinski definition) is 2. The average Bonchev–Trinajstić information content (AvgIpc) is 3.20. The highest BCUT2D eigenvalue weighted by Gasteiger charge is 2.21. The van der Waals surface area contributed by atoms with Gasteiger partial charge in [0, 0.05) is 21.8 Å². The molecule has 132 valence electrons. The second-order valence-electron chi connectivity index (χ2n) is 5.46. The van der Waals surface area contributed by atoms with Crippen LogP contribution in [0.3, 0.4) is 0 Å². The molecule has 0 aliphatic carbocycles. The normalized spacial score (nSPS) is 10.1. The van der Waals surface area contributed by atoms with Crippen molar-refractivity contribution in [2.24, 2.45) is 5.73 Å². The number of benzene rings is 1. The summed E-state index contributed by atoms with van der Waals surface area (Å²) >= 11 is 2.76. The summed E-state index contributed by atoms with van der Waals surface area (Å²) in [6, 6.07) is 12.8. The summed E-state index contributed by atoms with van der Waals surface area (Å²) in [5, 5.41) is 12.1. The highest BCUT2D eigenvalue weighted by atomic mass is 32.2. The molecule has 0 fully saturated rings. The Bertz CT molecular complexity index is 1090. The summed E-state index contributed by atoms with van der Waals surface area (Å²) in [5.41, 5.74) is 13.6. The summed E-state index contributed by atoms with van der Waals surface area (Å²) < 4.78 is 0. The van der Waals surface area contributed by atoms with Gasteiger partial charge in [0.1, 0.15) is 16.9 Å². The van der Waals surface area contributed by atoms with Crippen LogP contribution in [0, 0.1) is 17.9 Å². The summed E-state index contributed by atoms with van der Waals surface area (Å²) in [5.74, 6) is 0.0767. The number of carbonyl (C=O) groups is 1. The summed E-state index contributed by atoms with van der Waals surface area (Å²) in [6.45, 7) is 7.42. The molecule has 27 heavy (non-hydrogen) atoms. The lowest BCUT2D eigenvalue weighted by atomic mass is 10.1. The summed E-state index contributed by atoms with van der Waals surface area (Å²) in [4.78, 5) is 19.9. The Kier molecular flexibility index (Phi) is 5.41. The minimum atomic E-state index is -0.497. The van der Waals surface area contributed by atoms with Gasteiger partial charge < -0.3 is 11.5 Å². The molecule has 6 nitrogen and oxygen atoms in total. The van der Waals surface area contributed by atoms with Gasteiger partial charge in [0.25, 0.3) is 0 Å². The van der Waals surface area contributed by atoms with Crippen molar-refractivity contribution in [3.8, 4) is 16.5 Å². The van der Waals surface area contributed by atoms with Crippen molar-refractivity contribution >= 4 is 40.5 Å². The van der Waals surface area contributed by atoms with E-state index in [-0.39, 0.29) is 11.5 Å². The lowest BCUT2D eigenvalue weighted by Gasteiger charge is -2.12. The Balaban J connectivity index is 2.02. The first-order chi connectivity index (χ1) is 13.0. The van der Waals surface area contributed by atoms with Gasteiger partial charge in [-0.3, -0.25) is 4.79 Å². The van der Waals surface area contributed by atoms with Crippen LogP contribution in [0.2, 0.25) is 0 Å². The number of carbonyl (C=O) groups excluding carboxylic acids is 1. The van der Waals surface area contributed by atoms with E-state index in [2.05, 4.69) is 15.9 Å². The van der Waals surface area contributed by atoms with Crippen LogP contribution < -0.4 is 11.5 Å². The first-order valence-electron chi connectivity index (χ1n) is 7.71. The van der Waals surface area contributed by atoms with Crippen LogP contribution >= 0.6 is 23.1 Å². The first kappa shape index (κ1) is 18.5. The van der Waals surface area contributed by atoms with Crippen LogP contribution in [-0.4, -0.2) is 10.9 Å². The molecule has 1 aromatic carbocycles. The fourth-order valence-electron chi connectivity index (χ4n) is 2.52. The van der Waals surface area contributed by atoms with E-state index >= 15 is 0 Å². The maximum absolute atomic E-state index is 11.3. The fourth-order valence-corrected chi connectivity index (χ4v) is 4.24. The zero-order valence-corrected chi connectivity index (χ0v) is 15.6. The van der Waals surface area contributed by atoms with Crippen molar-refractivity contribution in [3.63, 3.8) is 0 Å². The molecule has 0 saturated heterocycles. The molecule has 0 unspecified atom stereocenters. The van der Waals surface area contributed by atoms with Crippen LogP contribution in [0.25, 0.3) is 15.3 Å². The molecule has 0 spiro atoms. The first-order valence-corrected chi connectivity index (χ1v) is 9.58. The number of nitrogen functional groups attached to an aromatic ring is 1. The maximum atomic E-state index is 11.3. The van der Waals surface area contributed by atoms with Crippen molar-refractivity contribution < 1.29 is 4.79 Å². The molecule has 4 N–H and O–H groups in total. The number of amides is 1. The number of primary amides is 1. The SMILES string of the molecule is [C-]#[N+]c1c(N)nc(SCc2cccc(C(N)=O)c2)c(C#N)c1-c1cccs1. The minimum absolute atomic E-state index is 0.0980. The molecule has 0 saturated carbocycles. The molecule has 3 rings (SSSR count). The highest BCUT2D eigenvalue weighted by Crippen LogP contribution is 2.43. The van der Waals surface area contributed by atoms with E-state index < -0.39 is 5.91 Å². The number of pyridine rings is 1. The van der Waals surface area contributed by atoms with E-state index in [1.165, 1.54) is 23.1 Å². The molecule has 2 aromatic heterocycles. The van der Waals surface area contributed by atoms with Gasteiger partial charge in [-0.25, -0.2) is 9.83 Å². The van der Waals surface area contributed by atoms with E-state index in [1.807, 2.05) is 23.6 Å². The molecule has 0 bridgehead atoms. The molecular weight excluding hydrogens is 378 g/mol. The van der Waals surface area contributed by atoms with E-state index in [0.29, 0.717) is 27.5 Å². The number of rotatable bonds is 5. The van der Waals surface area contributed by atoms with Crippen LogP contribution in [0.4, 0.5) is 11.5 Å². The van der Waals surface area contributed by atoms with Gasteiger partial charge in [0.15, 0.2) is 0 Å². The van der Waals surface area contributed by atoms with Gasteiger partial charge in [0.05, 0.1) is 12.1 Å². The van der Waals surface area contributed by atoms with E-state index in [4.69, 9.17) is 18.0 Å². The van der Waals surface area contributed by atoms with Gasteiger partial charge >= 0.3 is 0 Å². The van der Waals surface area contributed by atoms with Crippen LogP contribution in [0.1, 0.15) is 21.5 Å². The monoisotopic (exact) mass is 391 g/mol. The quantitative estimate of drug-likeness (QED) is 0.500. The van der Waals surface area contributed by atoms with Gasteiger partial charge in [0.2, 0.25) is 11.6 Å². The number of nitriles is 1. The Morgan fingerprint density at radius 1 is 1.37 bits per heavy atom. The Morgan fingerprint density at radius 3 is 2.81 bits per heavy atom. The second kappa shape index (κ2) is 7.92. The smallest absolute Gasteiger partial charge is 0.248 e. The van der Waals surface area contributed by atoms with Crippen LogP contribution in [0.15, 0.2) is 46.8 Å². The van der Waals surface area contributed by atoms with Crippen LogP contribution in [0.5, 0.6) is 0 Å². The third kappa shape index (κ3) is 3.77. The molecule has 0 aliphatic rings. The summed E-state index contributed by atoms with van der Waals surface area (Å²) in [7, 11) is 0. The minimum Gasteiger partial charge on any atom is -0.392 e. The van der Waals surface area contributed by atoms with Crippen molar-refractivity contribution in [2.45, 2.75) is 10.8 Å². The molecule has 0 aliphatic heterocycles. The average molecular weight is 391 g/mol. The third-order valence-corrected chi connectivity index (χ3v) is 5.68. The molecule has 8 heteroatoms. The van der Waals surface area contributed by atoms with Crippen molar-refractivity contribution in [1.29, 1.82) is 5.26 Å². The Labute approximate surface area is 164 Å². The number of nitrogens with two attached hydrogens (primary N) is 2. The van der Waals surface area contributed by atoms with E-state index in [9.17, 15) is 10.1 Å². The number of thioether (sulfide) groups is 1. The number of nitrogens with zero attached hydrogens (tertiary/aromatic N) is 3. The van der Waals surface area contributed by atoms with Crippen molar-refractivity contribution in [1.82, 2.24) is 4.98 Å². The fraction of sp³-hybridized carbons (Fsp3) is 0.0526. The number of hydrogen-bond acceptors (Lipinski definition) is 6.